The number of carbonyl (C=O) groups is 1. The Morgan fingerprint density at radius 2 is 2.07 bits per heavy atom. The molecule has 5 nitrogen and oxygen atoms in total. The largest absolute Gasteiger partial charge is 0.466 e. The van der Waals surface area contributed by atoms with Crippen molar-refractivity contribution in [3.63, 3.8) is 0 Å². The van der Waals surface area contributed by atoms with E-state index in [9.17, 15) is 4.79 Å². The van der Waals surface area contributed by atoms with Crippen molar-refractivity contribution in [2.75, 3.05) is 19.8 Å². The highest BCUT2D eigenvalue weighted by Gasteiger charge is 2.13. The minimum atomic E-state index is -0.371. The Kier molecular flexibility index (Phi) is 8.73. The summed E-state index contributed by atoms with van der Waals surface area (Å²) in [5.41, 5.74) is 0. The molecular formula is C10H17NO4. The Balaban J connectivity index is 3.64. The molecule has 0 fully saturated rings. The molecule has 0 aromatic carbocycles. The lowest BCUT2D eigenvalue weighted by molar-refractivity contribution is -0.292. The molecule has 0 aliphatic rings. The van der Waals surface area contributed by atoms with E-state index in [1.54, 1.807) is 13.8 Å². The van der Waals surface area contributed by atoms with E-state index in [0.717, 1.165) is 0 Å². The lowest BCUT2D eigenvalue weighted by atomic mass is 10.0. The number of ether oxygens (including phenoxy) is 1. The van der Waals surface area contributed by atoms with Crippen molar-refractivity contribution < 1.29 is 19.3 Å². The molecule has 1 unspecified atom stereocenters. The molecule has 86 valence electrons. The molecule has 0 bridgehead atoms. The van der Waals surface area contributed by atoms with Crippen LogP contribution in [0.1, 0.15) is 26.7 Å². The zero-order chi connectivity index (χ0) is 11.5. The van der Waals surface area contributed by atoms with E-state index in [-0.39, 0.29) is 18.3 Å². The third kappa shape index (κ3) is 7.91. The van der Waals surface area contributed by atoms with Crippen molar-refractivity contribution >= 4 is 5.97 Å². The summed E-state index contributed by atoms with van der Waals surface area (Å²) in [5, 5.41) is 8.75. The number of hydrogen-bond donors (Lipinski definition) is 0. The molecule has 0 amide bonds. The van der Waals surface area contributed by atoms with Crippen LogP contribution in [0.4, 0.5) is 0 Å². The maximum atomic E-state index is 11.1. The van der Waals surface area contributed by atoms with Gasteiger partial charge in [0.25, 0.3) is 0 Å². The van der Waals surface area contributed by atoms with E-state index in [1.165, 1.54) is 0 Å². The predicted molar refractivity (Wildman–Crippen MR) is 52.5 cm³/mol. The highest BCUT2D eigenvalue weighted by molar-refractivity contribution is 5.70. The summed E-state index contributed by atoms with van der Waals surface area (Å²) < 4.78 is 4.74. The highest BCUT2D eigenvalue weighted by atomic mass is 17.2. The van der Waals surface area contributed by atoms with Gasteiger partial charge < -0.3 is 4.74 Å². The number of nitriles is 1. The van der Waals surface area contributed by atoms with Gasteiger partial charge in [-0.3, -0.25) is 4.79 Å². The summed E-state index contributed by atoms with van der Waals surface area (Å²) in [6, 6.07) is 2.03. The summed E-state index contributed by atoms with van der Waals surface area (Å²) in [4.78, 5) is 20.5. The molecule has 0 aromatic heterocycles. The standard InChI is InChI=1S/C10H17NO4/c1-3-13-10(12)7-9(8-11)5-6-15-14-4-2/h9H,3-7H2,1-2H3. The zero-order valence-corrected chi connectivity index (χ0v) is 9.19. The Bertz CT molecular complexity index is 212. The first kappa shape index (κ1) is 13.9. The van der Waals surface area contributed by atoms with E-state index in [2.05, 4.69) is 4.89 Å². The van der Waals surface area contributed by atoms with Gasteiger partial charge in [0.1, 0.15) is 0 Å². The molecule has 0 spiro atoms. The number of esters is 1. The summed E-state index contributed by atoms with van der Waals surface area (Å²) in [7, 11) is 0. The minimum absolute atomic E-state index is 0.111. The van der Waals surface area contributed by atoms with E-state index < -0.39 is 0 Å². The van der Waals surface area contributed by atoms with Crippen molar-refractivity contribution in [2.24, 2.45) is 5.92 Å². The molecular weight excluding hydrogens is 198 g/mol. The summed E-state index contributed by atoms with van der Waals surface area (Å²) in [6.07, 6.45) is 0.579. The van der Waals surface area contributed by atoms with Crippen molar-refractivity contribution in [1.29, 1.82) is 5.26 Å². The van der Waals surface area contributed by atoms with Gasteiger partial charge in [-0.25, -0.2) is 9.78 Å². The fraction of sp³-hybridized carbons (Fsp3) is 0.800. The molecule has 5 heteroatoms. The van der Waals surface area contributed by atoms with Gasteiger partial charge in [-0.15, -0.1) is 0 Å². The first-order chi connectivity index (χ1) is 7.24. The molecule has 15 heavy (non-hydrogen) atoms. The van der Waals surface area contributed by atoms with E-state index >= 15 is 0 Å². The molecule has 0 aliphatic heterocycles. The van der Waals surface area contributed by atoms with Gasteiger partial charge in [-0.2, -0.15) is 5.26 Å². The molecule has 0 aromatic rings. The second kappa shape index (κ2) is 9.44. The van der Waals surface area contributed by atoms with Gasteiger partial charge in [-0.05, 0) is 20.3 Å². The Labute approximate surface area is 89.8 Å². The summed E-state index contributed by atoms with van der Waals surface area (Å²) >= 11 is 0. The first-order valence-electron chi connectivity index (χ1n) is 5.04. The van der Waals surface area contributed by atoms with Crippen LogP contribution in [-0.4, -0.2) is 25.8 Å². The summed E-state index contributed by atoms with van der Waals surface area (Å²) in [6.45, 7) is 4.66. The van der Waals surface area contributed by atoms with Gasteiger partial charge in [0.05, 0.1) is 38.2 Å². The molecule has 0 radical (unpaired) electrons. The normalized spacial score (nSPS) is 11.8. The Morgan fingerprint density at radius 1 is 1.33 bits per heavy atom. The van der Waals surface area contributed by atoms with Crippen LogP contribution in [0.5, 0.6) is 0 Å². The van der Waals surface area contributed by atoms with Crippen LogP contribution >= 0.6 is 0 Å². The van der Waals surface area contributed by atoms with Crippen molar-refractivity contribution in [3.8, 4) is 6.07 Å². The van der Waals surface area contributed by atoms with Crippen LogP contribution in [0.25, 0.3) is 0 Å². The Hall–Kier alpha value is -1.12. The Morgan fingerprint density at radius 3 is 2.60 bits per heavy atom. The fourth-order valence-corrected chi connectivity index (χ4v) is 0.966. The lowest BCUT2D eigenvalue weighted by Crippen LogP contribution is -2.12. The van der Waals surface area contributed by atoms with E-state index in [4.69, 9.17) is 14.9 Å². The number of hydrogen-bond acceptors (Lipinski definition) is 5. The third-order valence-corrected chi connectivity index (χ3v) is 1.65. The fourth-order valence-electron chi connectivity index (χ4n) is 0.966. The first-order valence-corrected chi connectivity index (χ1v) is 5.04. The minimum Gasteiger partial charge on any atom is -0.466 e. The average Bonchev–Trinajstić information content (AvgIpc) is 2.23. The number of carbonyl (C=O) groups excluding carboxylic acids is 1. The van der Waals surface area contributed by atoms with E-state index in [0.29, 0.717) is 26.2 Å². The van der Waals surface area contributed by atoms with Crippen molar-refractivity contribution in [2.45, 2.75) is 26.7 Å². The third-order valence-electron chi connectivity index (χ3n) is 1.65. The zero-order valence-electron chi connectivity index (χ0n) is 9.19. The van der Waals surface area contributed by atoms with Gasteiger partial charge in [-0.1, -0.05) is 0 Å². The topological polar surface area (TPSA) is 68.5 Å². The molecule has 0 N–H and O–H groups in total. The van der Waals surface area contributed by atoms with Gasteiger partial charge in [0, 0.05) is 0 Å². The van der Waals surface area contributed by atoms with Gasteiger partial charge in [0.2, 0.25) is 0 Å². The van der Waals surface area contributed by atoms with Gasteiger partial charge >= 0.3 is 5.97 Å². The predicted octanol–water partition coefficient (Wildman–Crippen LogP) is 1.44. The smallest absolute Gasteiger partial charge is 0.307 e. The van der Waals surface area contributed by atoms with Crippen molar-refractivity contribution in [1.82, 2.24) is 0 Å². The molecule has 0 saturated heterocycles. The second-order valence-electron chi connectivity index (χ2n) is 2.85. The number of rotatable bonds is 8. The lowest BCUT2D eigenvalue weighted by Gasteiger charge is -2.07. The van der Waals surface area contributed by atoms with Crippen LogP contribution in [0, 0.1) is 17.2 Å². The molecule has 0 heterocycles. The van der Waals surface area contributed by atoms with Crippen LogP contribution < -0.4 is 0 Å². The van der Waals surface area contributed by atoms with Crippen LogP contribution in [-0.2, 0) is 19.3 Å². The molecule has 1 atom stereocenters. The summed E-state index contributed by atoms with van der Waals surface area (Å²) in [5.74, 6) is -0.718. The molecule has 0 saturated carbocycles. The van der Waals surface area contributed by atoms with Crippen LogP contribution in [0.15, 0.2) is 0 Å². The average molecular weight is 215 g/mol. The molecule has 0 rings (SSSR count). The maximum absolute atomic E-state index is 11.1. The van der Waals surface area contributed by atoms with Gasteiger partial charge in [0.15, 0.2) is 0 Å². The van der Waals surface area contributed by atoms with E-state index in [1.807, 2.05) is 6.07 Å². The maximum Gasteiger partial charge on any atom is 0.307 e. The SMILES string of the molecule is CCOOCCC(C#N)CC(=O)OCC. The molecule has 0 aliphatic carbocycles. The van der Waals surface area contributed by atoms with Crippen LogP contribution in [0.3, 0.4) is 0 Å². The monoisotopic (exact) mass is 215 g/mol. The highest BCUT2D eigenvalue weighted by Crippen LogP contribution is 2.08. The van der Waals surface area contributed by atoms with Crippen molar-refractivity contribution in [3.05, 3.63) is 0 Å². The quantitative estimate of drug-likeness (QED) is 0.265. The van der Waals surface area contributed by atoms with Crippen LogP contribution in [0.2, 0.25) is 0 Å². The number of nitrogens with zero attached hydrogens (tertiary/aromatic N) is 1. The second-order valence-corrected chi connectivity index (χ2v) is 2.85.